The highest BCUT2D eigenvalue weighted by Crippen LogP contribution is 2.50. The molecule has 0 saturated heterocycles. The third kappa shape index (κ3) is 3.03. The number of aryl methyl sites for hydroxylation is 1. The van der Waals surface area contributed by atoms with Crippen molar-refractivity contribution in [1.82, 2.24) is 14.7 Å². The zero-order valence-electron chi connectivity index (χ0n) is 15.1. The van der Waals surface area contributed by atoms with Gasteiger partial charge in [0.1, 0.15) is 5.78 Å². The van der Waals surface area contributed by atoms with Gasteiger partial charge in [-0.15, -0.1) is 0 Å². The molecule has 0 amide bonds. The highest BCUT2D eigenvalue weighted by Gasteiger charge is 2.34. The summed E-state index contributed by atoms with van der Waals surface area (Å²) in [4.78, 5) is 14.9. The number of benzene rings is 1. The summed E-state index contributed by atoms with van der Waals surface area (Å²) in [5.74, 6) is 2.29. The summed E-state index contributed by atoms with van der Waals surface area (Å²) in [6.45, 7) is 1.71. The molecule has 0 radical (unpaired) electrons. The van der Waals surface area contributed by atoms with Crippen LogP contribution >= 0.6 is 0 Å². The van der Waals surface area contributed by atoms with Crippen LogP contribution in [-0.4, -0.2) is 48.0 Å². The molecule has 7 nitrogen and oxygen atoms in total. The Morgan fingerprint density at radius 1 is 1.42 bits per heavy atom. The predicted octanol–water partition coefficient (Wildman–Crippen LogP) is 2.20. The Morgan fingerprint density at radius 3 is 3.08 bits per heavy atom. The lowest BCUT2D eigenvalue weighted by Gasteiger charge is -2.35. The third-order valence-corrected chi connectivity index (χ3v) is 5.15. The van der Waals surface area contributed by atoms with Gasteiger partial charge in [-0.25, -0.2) is 0 Å². The number of likely N-dealkylation sites (N-methyl/N-ethyl adjacent to an activating group) is 1. The molecule has 7 heteroatoms. The molecule has 1 aromatic heterocycles. The normalized spacial score (nSPS) is 18.6. The molecular formula is C19H23N3O4. The van der Waals surface area contributed by atoms with Gasteiger partial charge in [-0.05, 0) is 31.2 Å². The van der Waals surface area contributed by atoms with Crippen molar-refractivity contribution in [2.45, 2.75) is 31.8 Å². The van der Waals surface area contributed by atoms with Crippen molar-refractivity contribution in [3.05, 3.63) is 35.7 Å². The van der Waals surface area contributed by atoms with Crippen LogP contribution in [0.4, 0.5) is 0 Å². The van der Waals surface area contributed by atoms with Crippen LogP contribution in [0.3, 0.4) is 0 Å². The van der Waals surface area contributed by atoms with Crippen molar-refractivity contribution in [3.8, 4) is 17.2 Å². The number of nitrogens with zero attached hydrogens (tertiary/aromatic N) is 3. The average Bonchev–Trinajstić information content (AvgIpc) is 3.32. The second-order valence-corrected chi connectivity index (χ2v) is 6.72. The van der Waals surface area contributed by atoms with Crippen LogP contribution in [0.15, 0.2) is 24.5 Å². The van der Waals surface area contributed by atoms with E-state index in [-0.39, 0.29) is 18.6 Å². The molecule has 2 aliphatic rings. The molecule has 0 N–H and O–H groups in total. The molecular weight excluding hydrogens is 334 g/mol. The minimum absolute atomic E-state index is 0.0201. The number of methoxy groups -OCH3 is 1. The van der Waals surface area contributed by atoms with Gasteiger partial charge >= 0.3 is 0 Å². The molecule has 2 aromatic rings. The van der Waals surface area contributed by atoms with Crippen LogP contribution in [0.5, 0.6) is 17.2 Å². The number of carbonyl (C=O) groups excluding carboxylic acids is 1. The van der Waals surface area contributed by atoms with Crippen LogP contribution in [-0.2, 0) is 17.8 Å². The van der Waals surface area contributed by atoms with E-state index >= 15 is 0 Å². The Hall–Kier alpha value is -2.54. The molecule has 1 atom stereocenters. The molecule has 0 fully saturated rings. The molecule has 0 saturated carbocycles. The number of carbonyl (C=O) groups is 1. The standard InChI is InChI=1S/C19H23N3O4/c1-21-8-4-13-10-16-18(26-12-25-16)19(24-2)17(13)15(21)11-14(23)5-9-22-7-3-6-20-22/h3,6-7,10,15H,4-5,8-9,11-12H2,1-2H3/t15-/m1/s1. The van der Waals surface area contributed by atoms with Crippen molar-refractivity contribution in [2.75, 3.05) is 27.5 Å². The first-order valence-corrected chi connectivity index (χ1v) is 8.86. The molecule has 138 valence electrons. The van der Waals surface area contributed by atoms with Crippen molar-refractivity contribution in [1.29, 1.82) is 0 Å². The molecule has 26 heavy (non-hydrogen) atoms. The van der Waals surface area contributed by atoms with E-state index in [1.54, 1.807) is 18.0 Å². The Bertz CT molecular complexity index is 804. The Labute approximate surface area is 152 Å². The van der Waals surface area contributed by atoms with Gasteiger partial charge in [0.2, 0.25) is 12.5 Å². The highest BCUT2D eigenvalue weighted by molar-refractivity contribution is 5.79. The van der Waals surface area contributed by atoms with Gasteiger partial charge in [-0.3, -0.25) is 14.4 Å². The van der Waals surface area contributed by atoms with Crippen LogP contribution < -0.4 is 14.2 Å². The summed E-state index contributed by atoms with van der Waals surface area (Å²) in [5, 5.41) is 4.16. The first-order chi connectivity index (χ1) is 12.7. The van der Waals surface area contributed by atoms with E-state index in [1.807, 2.05) is 18.3 Å². The number of rotatable bonds is 6. The van der Waals surface area contributed by atoms with Gasteiger partial charge in [-0.2, -0.15) is 5.10 Å². The molecule has 0 bridgehead atoms. The minimum Gasteiger partial charge on any atom is -0.492 e. The van der Waals surface area contributed by atoms with Crippen molar-refractivity contribution in [3.63, 3.8) is 0 Å². The van der Waals surface area contributed by atoms with Crippen molar-refractivity contribution in [2.24, 2.45) is 0 Å². The smallest absolute Gasteiger partial charge is 0.231 e. The lowest BCUT2D eigenvalue weighted by molar-refractivity contribution is -0.120. The Kier molecular flexibility index (Phi) is 4.55. The monoisotopic (exact) mass is 357 g/mol. The molecule has 4 rings (SSSR count). The summed E-state index contributed by atoms with van der Waals surface area (Å²) in [6, 6.07) is 3.88. The minimum atomic E-state index is -0.0201. The van der Waals surface area contributed by atoms with Crippen LogP contribution in [0.25, 0.3) is 0 Å². The summed E-state index contributed by atoms with van der Waals surface area (Å²) >= 11 is 0. The topological polar surface area (TPSA) is 65.8 Å². The maximum atomic E-state index is 12.6. The van der Waals surface area contributed by atoms with E-state index in [0.717, 1.165) is 24.3 Å². The van der Waals surface area contributed by atoms with E-state index in [0.29, 0.717) is 30.9 Å². The summed E-state index contributed by atoms with van der Waals surface area (Å²) in [7, 11) is 3.70. The number of ether oxygens (including phenoxy) is 3. The van der Waals surface area contributed by atoms with Crippen LogP contribution in [0, 0.1) is 0 Å². The highest BCUT2D eigenvalue weighted by atomic mass is 16.7. The van der Waals surface area contributed by atoms with E-state index in [4.69, 9.17) is 14.2 Å². The van der Waals surface area contributed by atoms with Crippen LogP contribution in [0.2, 0.25) is 0 Å². The fraction of sp³-hybridized carbons (Fsp3) is 0.474. The van der Waals surface area contributed by atoms with E-state index in [2.05, 4.69) is 17.0 Å². The van der Waals surface area contributed by atoms with Gasteiger partial charge in [0.25, 0.3) is 0 Å². The summed E-state index contributed by atoms with van der Waals surface area (Å²) < 4.78 is 18.6. The van der Waals surface area contributed by atoms with Gasteiger partial charge < -0.3 is 14.2 Å². The molecule has 0 aliphatic carbocycles. The number of hydrogen-bond donors (Lipinski definition) is 0. The number of aromatic nitrogens is 2. The fourth-order valence-corrected chi connectivity index (χ4v) is 3.77. The van der Waals surface area contributed by atoms with Gasteiger partial charge in [0, 0.05) is 49.9 Å². The van der Waals surface area contributed by atoms with Gasteiger partial charge in [0.15, 0.2) is 11.5 Å². The zero-order valence-corrected chi connectivity index (χ0v) is 15.1. The maximum absolute atomic E-state index is 12.6. The van der Waals surface area contributed by atoms with E-state index < -0.39 is 0 Å². The number of Topliss-reactive ketones (excluding diaryl/α,β-unsaturated/α-hetero) is 1. The summed E-state index contributed by atoms with van der Waals surface area (Å²) in [6.07, 6.45) is 5.41. The fourth-order valence-electron chi connectivity index (χ4n) is 3.77. The number of fused-ring (bicyclic) bond motifs is 2. The predicted molar refractivity (Wildman–Crippen MR) is 94.7 cm³/mol. The lowest BCUT2D eigenvalue weighted by Crippen LogP contribution is -2.34. The first-order valence-electron chi connectivity index (χ1n) is 8.86. The van der Waals surface area contributed by atoms with Crippen molar-refractivity contribution < 1.29 is 19.0 Å². The second-order valence-electron chi connectivity index (χ2n) is 6.72. The molecule has 3 heterocycles. The SMILES string of the molecule is COc1c2c(cc3c1[C@@H](CC(=O)CCn1cccn1)N(C)CC3)OCO2. The van der Waals surface area contributed by atoms with Gasteiger partial charge in [0.05, 0.1) is 7.11 Å². The first kappa shape index (κ1) is 16.9. The summed E-state index contributed by atoms with van der Waals surface area (Å²) in [5.41, 5.74) is 2.23. The molecule has 0 spiro atoms. The van der Waals surface area contributed by atoms with Gasteiger partial charge in [-0.1, -0.05) is 0 Å². The molecule has 2 aliphatic heterocycles. The van der Waals surface area contributed by atoms with E-state index in [9.17, 15) is 4.79 Å². The average molecular weight is 357 g/mol. The third-order valence-electron chi connectivity index (χ3n) is 5.15. The van der Waals surface area contributed by atoms with Crippen molar-refractivity contribution >= 4 is 5.78 Å². The lowest BCUT2D eigenvalue weighted by atomic mass is 9.88. The van der Waals surface area contributed by atoms with Crippen LogP contribution in [0.1, 0.15) is 30.0 Å². The Morgan fingerprint density at radius 2 is 2.31 bits per heavy atom. The molecule has 0 unspecified atom stereocenters. The molecule has 1 aromatic carbocycles. The Balaban J connectivity index is 1.58. The maximum Gasteiger partial charge on any atom is 0.231 e. The van der Waals surface area contributed by atoms with E-state index in [1.165, 1.54) is 5.56 Å². The number of ketones is 1. The largest absolute Gasteiger partial charge is 0.492 e. The quantitative estimate of drug-likeness (QED) is 0.790. The second kappa shape index (κ2) is 6.99. The zero-order chi connectivity index (χ0) is 18.1. The number of hydrogen-bond acceptors (Lipinski definition) is 6.